The lowest BCUT2D eigenvalue weighted by Gasteiger charge is -2.38. The van der Waals surface area contributed by atoms with Gasteiger partial charge in [0, 0.05) is 32.7 Å². The van der Waals surface area contributed by atoms with E-state index in [4.69, 9.17) is 50.5 Å². The third kappa shape index (κ3) is 13.7. The summed E-state index contributed by atoms with van der Waals surface area (Å²) >= 11 is 7.36. The van der Waals surface area contributed by atoms with E-state index in [1.807, 2.05) is 143 Å². The van der Waals surface area contributed by atoms with Crippen molar-refractivity contribution in [3.8, 4) is 17.9 Å². The molecule has 0 aliphatic carbocycles. The number of nitrogens with two attached hydrogens (primary N) is 1. The highest BCUT2D eigenvalue weighted by Gasteiger charge is 2.35. The number of halogens is 1. The van der Waals surface area contributed by atoms with Gasteiger partial charge in [0.25, 0.3) is 5.95 Å². The van der Waals surface area contributed by atoms with Crippen LogP contribution in [0, 0.1) is 22.7 Å². The summed E-state index contributed by atoms with van der Waals surface area (Å²) in [5.74, 6) is -1.23. The van der Waals surface area contributed by atoms with Crippen molar-refractivity contribution in [1.82, 2.24) is 24.5 Å². The largest absolute Gasteiger partial charge is 0.530 e. The predicted octanol–water partition coefficient (Wildman–Crippen LogP) is 10.1. The van der Waals surface area contributed by atoms with Crippen molar-refractivity contribution < 1.29 is 42.0 Å². The molecule has 1 aliphatic heterocycles. The number of hydrogen-bond acceptors (Lipinski definition) is 17. The van der Waals surface area contributed by atoms with E-state index in [0.29, 0.717) is 44.0 Å². The molecule has 8 aromatic rings. The predicted molar refractivity (Wildman–Crippen MR) is 302 cm³/mol. The van der Waals surface area contributed by atoms with E-state index in [2.05, 4.69) is 17.1 Å². The summed E-state index contributed by atoms with van der Waals surface area (Å²) in [5.41, 5.74) is 10.0. The summed E-state index contributed by atoms with van der Waals surface area (Å²) in [5, 5.41) is 25.6. The van der Waals surface area contributed by atoms with E-state index in [9.17, 15) is 29.5 Å². The summed E-state index contributed by atoms with van der Waals surface area (Å²) in [6, 6.07) is 50.2. The molecule has 3 heterocycles. The molecule has 2 aromatic heterocycles. The van der Waals surface area contributed by atoms with E-state index < -0.39 is 44.7 Å². The Morgan fingerprint density at radius 1 is 0.765 bits per heavy atom. The Morgan fingerprint density at radius 3 is 1.89 bits per heavy atom. The van der Waals surface area contributed by atoms with Crippen LogP contribution in [0.3, 0.4) is 0 Å². The van der Waals surface area contributed by atoms with Crippen LogP contribution in [0.4, 0.5) is 27.9 Å². The number of benzene rings is 6. The van der Waals surface area contributed by atoms with Crippen LogP contribution < -0.4 is 25.0 Å². The number of phosphoric ester groups is 1. The minimum Gasteiger partial charge on any atom is -0.428 e. The lowest BCUT2D eigenvalue weighted by molar-refractivity contribution is -0.150. The third-order valence-electron chi connectivity index (χ3n) is 13.4. The summed E-state index contributed by atoms with van der Waals surface area (Å²) in [4.78, 5) is 56.9. The number of amides is 2. The monoisotopic (exact) mass is 1130 g/mol. The van der Waals surface area contributed by atoms with Gasteiger partial charge in [-0.15, -0.1) is 5.10 Å². The Labute approximate surface area is 472 Å². The Morgan fingerprint density at radius 2 is 1.35 bits per heavy atom. The number of ether oxygens (including phenoxy) is 2. The fourth-order valence-electron chi connectivity index (χ4n) is 9.14. The average molecular weight is 1130 g/mol. The van der Waals surface area contributed by atoms with Gasteiger partial charge in [-0.2, -0.15) is 20.0 Å². The van der Waals surface area contributed by atoms with Gasteiger partial charge in [0.05, 0.1) is 65.9 Å². The molecule has 0 spiro atoms. The van der Waals surface area contributed by atoms with Crippen molar-refractivity contribution in [3.63, 3.8) is 0 Å². The Kier molecular flexibility index (Phi) is 18.3. The number of primary amides is 1. The van der Waals surface area contributed by atoms with E-state index in [1.54, 1.807) is 25.1 Å². The molecule has 81 heavy (non-hydrogen) atoms. The number of rotatable bonds is 22. The molecule has 0 bridgehead atoms. The smallest absolute Gasteiger partial charge is 0.428 e. The molecule has 20 nitrogen and oxygen atoms in total. The molecule has 1 fully saturated rings. The molecule has 1 saturated heterocycles. The molecule has 2 amide bonds. The number of carbonyl (C=O) groups is 3. The van der Waals surface area contributed by atoms with Crippen molar-refractivity contribution >= 4 is 66.2 Å². The van der Waals surface area contributed by atoms with Gasteiger partial charge in [0.15, 0.2) is 17.2 Å². The number of imidazole rings is 1. The average Bonchev–Trinajstić information content (AvgIpc) is 4.15. The van der Waals surface area contributed by atoms with Crippen molar-refractivity contribution in [2.24, 2.45) is 5.73 Å². The first kappa shape index (κ1) is 56.6. The molecular formula is C59H55ClN11O9P. The number of esters is 1. The lowest BCUT2D eigenvalue weighted by atomic mass is 9.97. The second-order valence-corrected chi connectivity index (χ2v) is 20.5. The summed E-state index contributed by atoms with van der Waals surface area (Å²) in [6.07, 6.45) is -0.109. The molecule has 412 valence electrons. The van der Waals surface area contributed by atoms with Gasteiger partial charge < -0.3 is 29.5 Å². The number of nitriles is 2. The van der Waals surface area contributed by atoms with Gasteiger partial charge in [-0.1, -0.05) is 145 Å². The Hall–Kier alpha value is -9.14. The van der Waals surface area contributed by atoms with Crippen molar-refractivity contribution in [3.05, 3.63) is 208 Å². The maximum Gasteiger partial charge on any atom is 0.530 e. The maximum absolute atomic E-state index is 14.9. The SMILES string of the molecule is CCN(c1nc(N(C(=O)OCOC(=O)Cc2ccc(OP(=O)(OCc3ccccc3)OCc3ccccc3)cc2)c2cc(C#N)cc(N3CCN(C(C)C(N)=O)CC3)c2Cl)nn2c(C#N)cnc12)C(c1ccccc1)c1ccccc1. The normalized spacial score (nSPS) is 13.0. The van der Waals surface area contributed by atoms with Crippen molar-refractivity contribution in [1.29, 1.82) is 10.5 Å². The van der Waals surface area contributed by atoms with Gasteiger partial charge in [-0.3, -0.25) is 23.5 Å². The van der Waals surface area contributed by atoms with Crippen LogP contribution >= 0.6 is 19.4 Å². The number of phosphoric acid groups is 1. The standard InChI is InChI=1S/C59H55ClN11O9P/c1-3-69(54(46-20-12-6-13-21-46)47-22-14-7-15-23-47)57-56-64-37-48(36-62)71(56)66-58(65-57)70(51-33-45(35-61)32-50(53(51)60)68-30-28-67(29-31-68)41(2)55(63)73)59(74)77-40-76-52(72)34-42-24-26-49(27-25-42)80-81(75,78-38-43-16-8-4-9-17-43)79-39-44-18-10-5-11-19-44/h4-27,32-33,37,41,54H,3,28-31,34,38-40H2,1-2H3,(H2,63,73). The number of nitrogens with zero attached hydrogens (tertiary/aromatic N) is 10. The van der Waals surface area contributed by atoms with Gasteiger partial charge in [-0.25, -0.2) is 19.2 Å². The van der Waals surface area contributed by atoms with Crippen LogP contribution in [0.25, 0.3) is 5.65 Å². The fraction of sp³-hybridized carbons (Fsp3) is 0.220. The first-order valence-corrected chi connectivity index (χ1v) is 27.6. The second kappa shape index (κ2) is 26.2. The van der Waals surface area contributed by atoms with Gasteiger partial charge in [0.2, 0.25) is 12.7 Å². The minimum atomic E-state index is -4.19. The molecule has 1 unspecified atom stereocenters. The van der Waals surface area contributed by atoms with Crippen molar-refractivity contribution in [2.75, 3.05) is 54.2 Å². The Bertz CT molecular complexity index is 3530. The summed E-state index contributed by atoms with van der Waals surface area (Å²) in [6.45, 7) is 4.60. The zero-order valence-electron chi connectivity index (χ0n) is 44.2. The molecule has 22 heteroatoms. The highest BCUT2D eigenvalue weighted by Crippen LogP contribution is 2.51. The van der Waals surface area contributed by atoms with Crippen LogP contribution in [-0.2, 0) is 52.3 Å². The van der Waals surface area contributed by atoms with Crippen LogP contribution in [0.15, 0.2) is 164 Å². The van der Waals surface area contributed by atoms with Crippen LogP contribution in [0.1, 0.15) is 59.0 Å². The second-order valence-electron chi connectivity index (χ2n) is 18.5. The van der Waals surface area contributed by atoms with E-state index >= 15 is 0 Å². The highest BCUT2D eigenvalue weighted by atomic mass is 35.5. The van der Waals surface area contributed by atoms with Crippen LogP contribution in [0.2, 0.25) is 5.02 Å². The molecule has 0 saturated carbocycles. The molecule has 6 aromatic carbocycles. The third-order valence-corrected chi connectivity index (χ3v) is 15.1. The number of fused-ring (bicyclic) bond motifs is 1. The fourth-order valence-corrected chi connectivity index (χ4v) is 10.6. The number of hydrogen-bond donors (Lipinski definition) is 1. The Balaban J connectivity index is 1.00. The summed E-state index contributed by atoms with van der Waals surface area (Å²) in [7, 11) is -4.19. The van der Waals surface area contributed by atoms with Crippen LogP contribution in [0.5, 0.6) is 5.75 Å². The number of piperazine rings is 1. The number of anilines is 4. The molecule has 2 N–H and O–H groups in total. The topological polar surface area (TPSA) is 244 Å². The van der Waals surface area contributed by atoms with Gasteiger partial charge in [-0.05, 0) is 65.9 Å². The lowest BCUT2D eigenvalue weighted by Crippen LogP contribution is -2.53. The maximum atomic E-state index is 14.9. The van der Waals surface area contributed by atoms with E-state index in [0.717, 1.165) is 27.2 Å². The number of carbonyl (C=O) groups excluding carboxylic acids is 3. The quantitative estimate of drug-likeness (QED) is 0.0377. The van der Waals surface area contributed by atoms with Crippen molar-refractivity contribution in [2.45, 2.75) is 45.6 Å². The molecule has 9 rings (SSSR count). The first-order chi connectivity index (χ1) is 39.3. The van der Waals surface area contributed by atoms with E-state index in [-0.39, 0.29) is 64.8 Å². The molecule has 0 radical (unpaired) electrons. The zero-order chi connectivity index (χ0) is 56.9. The molecular weight excluding hydrogens is 1070 g/mol. The summed E-state index contributed by atoms with van der Waals surface area (Å²) < 4.78 is 43.8. The van der Waals surface area contributed by atoms with E-state index in [1.165, 1.54) is 28.9 Å². The molecule has 1 aliphatic rings. The zero-order valence-corrected chi connectivity index (χ0v) is 45.8. The minimum absolute atomic E-state index is 0.00354. The van der Waals surface area contributed by atoms with Crippen LogP contribution in [-0.4, -0.2) is 88.0 Å². The highest BCUT2D eigenvalue weighted by molar-refractivity contribution is 7.48. The number of aromatic nitrogens is 4. The van der Waals surface area contributed by atoms with Gasteiger partial charge in [0.1, 0.15) is 11.8 Å². The molecule has 1 atom stereocenters. The van der Waals surface area contributed by atoms with Gasteiger partial charge >= 0.3 is 19.9 Å². The first-order valence-electron chi connectivity index (χ1n) is 25.8.